The molecule has 3 rings (SSSR count). The van der Waals surface area contributed by atoms with Crippen LogP contribution >= 0.6 is 0 Å². The van der Waals surface area contributed by atoms with Crippen LogP contribution in [0.2, 0.25) is 0 Å². The Hall–Kier alpha value is -2.13. The maximum Gasteiger partial charge on any atom is 0.101 e. The van der Waals surface area contributed by atoms with Gasteiger partial charge in [-0.3, -0.25) is 0 Å². The highest BCUT2D eigenvalue weighted by molar-refractivity contribution is 5.85. The van der Waals surface area contributed by atoms with Crippen molar-refractivity contribution < 1.29 is 4.74 Å². The molecule has 1 atom stereocenters. The van der Waals surface area contributed by atoms with E-state index >= 15 is 0 Å². The number of fused-ring (bicyclic) bond motifs is 1. The molecule has 0 spiro atoms. The Balaban J connectivity index is 1.51. The zero-order valence-corrected chi connectivity index (χ0v) is 17.9. The molecule has 29 heavy (non-hydrogen) atoms. The van der Waals surface area contributed by atoms with Gasteiger partial charge >= 0.3 is 0 Å². The molecule has 2 aromatic carbocycles. The molecule has 1 unspecified atom stereocenters. The molecule has 0 aliphatic carbocycles. The molecule has 0 bridgehead atoms. The third-order valence-electron chi connectivity index (χ3n) is 5.67. The van der Waals surface area contributed by atoms with E-state index in [1.165, 1.54) is 67.7 Å². The van der Waals surface area contributed by atoms with E-state index in [4.69, 9.17) is 4.74 Å². The van der Waals surface area contributed by atoms with Gasteiger partial charge in [-0.15, -0.1) is 0 Å². The smallest absolute Gasteiger partial charge is 0.101 e. The fourth-order valence-electron chi connectivity index (χ4n) is 4.00. The molecule has 0 saturated heterocycles. The topological polar surface area (TPSA) is 27.1 Å². The minimum Gasteiger partial charge on any atom is -0.372 e. The van der Waals surface area contributed by atoms with Gasteiger partial charge in [-0.05, 0) is 22.8 Å². The van der Waals surface area contributed by atoms with Crippen molar-refractivity contribution in [2.45, 2.75) is 77.4 Å². The number of ether oxygens (including phenoxy) is 1. The highest BCUT2D eigenvalue weighted by Crippen LogP contribution is 2.28. The SMILES string of the molecule is CCCCCCCCCCCOC(Cn1ccnc1)c1cccc2ccccc12. The first-order valence-electron chi connectivity index (χ1n) is 11.4. The predicted octanol–water partition coefficient (Wildman–Crippen LogP) is 7.33. The number of unbranched alkanes of at least 4 members (excludes halogenated alkanes) is 8. The lowest BCUT2D eigenvalue weighted by atomic mass is 10.00. The molecule has 0 amide bonds. The number of benzene rings is 2. The molecule has 0 radical (unpaired) electrons. The molecule has 0 fully saturated rings. The zero-order valence-electron chi connectivity index (χ0n) is 17.9. The average molecular weight is 393 g/mol. The van der Waals surface area contributed by atoms with Gasteiger partial charge in [-0.1, -0.05) is 101 Å². The third-order valence-corrected chi connectivity index (χ3v) is 5.67. The molecule has 156 valence electrons. The summed E-state index contributed by atoms with van der Waals surface area (Å²) < 4.78 is 8.53. The van der Waals surface area contributed by atoms with Crippen molar-refractivity contribution in [3.63, 3.8) is 0 Å². The van der Waals surface area contributed by atoms with Gasteiger partial charge in [0.1, 0.15) is 6.10 Å². The second-order valence-corrected chi connectivity index (χ2v) is 8.02. The molecule has 1 aromatic heterocycles. The highest BCUT2D eigenvalue weighted by Gasteiger charge is 2.15. The van der Waals surface area contributed by atoms with Crippen molar-refractivity contribution in [3.05, 3.63) is 66.7 Å². The Bertz CT molecular complexity index is 807. The zero-order chi connectivity index (χ0) is 20.2. The number of nitrogens with zero attached hydrogens (tertiary/aromatic N) is 2. The summed E-state index contributed by atoms with van der Waals surface area (Å²) in [5.41, 5.74) is 1.27. The maximum atomic E-state index is 6.42. The Morgan fingerprint density at radius 2 is 1.59 bits per heavy atom. The van der Waals surface area contributed by atoms with E-state index < -0.39 is 0 Å². The van der Waals surface area contributed by atoms with E-state index in [0.717, 1.165) is 19.6 Å². The van der Waals surface area contributed by atoms with E-state index in [1.54, 1.807) is 0 Å². The molecule has 0 saturated carbocycles. The Morgan fingerprint density at radius 1 is 0.862 bits per heavy atom. The first-order valence-corrected chi connectivity index (χ1v) is 11.4. The minimum absolute atomic E-state index is 0.0457. The Morgan fingerprint density at radius 3 is 2.34 bits per heavy atom. The number of hydrogen-bond acceptors (Lipinski definition) is 2. The van der Waals surface area contributed by atoms with Crippen molar-refractivity contribution >= 4 is 10.8 Å². The first-order chi connectivity index (χ1) is 14.4. The average Bonchev–Trinajstić information content (AvgIpc) is 3.27. The van der Waals surface area contributed by atoms with Crippen LogP contribution in [-0.4, -0.2) is 16.2 Å². The lowest BCUT2D eigenvalue weighted by Gasteiger charge is -2.21. The molecule has 0 aliphatic rings. The van der Waals surface area contributed by atoms with Gasteiger partial charge in [-0.2, -0.15) is 0 Å². The molecule has 0 aliphatic heterocycles. The molecule has 3 heteroatoms. The molecule has 0 N–H and O–H groups in total. The van der Waals surface area contributed by atoms with Gasteiger partial charge in [0.15, 0.2) is 0 Å². The van der Waals surface area contributed by atoms with Crippen LogP contribution in [0.25, 0.3) is 10.8 Å². The summed E-state index contributed by atoms with van der Waals surface area (Å²) in [4.78, 5) is 4.20. The molecule has 3 aromatic rings. The van der Waals surface area contributed by atoms with Crippen LogP contribution in [0.1, 0.15) is 76.4 Å². The van der Waals surface area contributed by atoms with Crippen LogP contribution < -0.4 is 0 Å². The van der Waals surface area contributed by atoms with Gasteiger partial charge in [0.25, 0.3) is 0 Å². The van der Waals surface area contributed by atoms with Crippen molar-refractivity contribution in [2.24, 2.45) is 0 Å². The number of rotatable bonds is 14. The fourth-order valence-corrected chi connectivity index (χ4v) is 4.00. The fraction of sp³-hybridized carbons (Fsp3) is 0.500. The van der Waals surface area contributed by atoms with Crippen molar-refractivity contribution in [3.8, 4) is 0 Å². The Labute approximate surface area is 176 Å². The standard InChI is InChI=1S/C26H36N2O/c1-2-3-4-5-6-7-8-9-12-20-29-26(21-28-19-18-27-22-28)25-17-13-15-23-14-10-11-16-24(23)25/h10-11,13-19,22,26H,2-9,12,20-21H2,1H3. The van der Waals surface area contributed by atoms with E-state index in [-0.39, 0.29) is 6.10 Å². The monoisotopic (exact) mass is 392 g/mol. The second kappa shape index (κ2) is 12.4. The van der Waals surface area contributed by atoms with E-state index in [2.05, 4.69) is 58.9 Å². The van der Waals surface area contributed by atoms with Crippen LogP contribution in [0.5, 0.6) is 0 Å². The first kappa shape index (κ1) is 21.6. The summed E-state index contributed by atoms with van der Waals surface area (Å²) >= 11 is 0. The molecular formula is C26H36N2O. The third kappa shape index (κ3) is 7.01. The summed E-state index contributed by atoms with van der Waals surface area (Å²) in [6, 6.07) is 15.1. The van der Waals surface area contributed by atoms with Gasteiger partial charge in [0.2, 0.25) is 0 Å². The van der Waals surface area contributed by atoms with E-state index in [0.29, 0.717) is 0 Å². The minimum atomic E-state index is 0.0457. The van der Waals surface area contributed by atoms with Crippen LogP contribution in [-0.2, 0) is 11.3 Å². The van der Waals surface area contributed by atoms with Crippen LogP contribution in [0.4, 0.5) is 0 Å². The van der Waals surface area contributed by atoms with Crippen molar-refractivity contribution in [1.82, 2.24) is 9.55 Å². The second-order valence-electron chi connectivity index (χ2n) is 8.02. The van der Waals surface area contributed by atoms with Crippen molar-refractivity contribution in [2.75, 3.05) is 6.61 Å². The van der Waals surface area contributed by atoms with Gasteiger partial charge < -0.3 is 9.30 Å². The maximum absolute atomic E-state index is 6.42. The van der Waals surface area contributed by atoms with Gasteiger partial charge in [0, 0.05) is 19.0 Å². The van der Waals surface area contributed by atoms with Crippen molar-refractivity contribution in [1.29, 1.82) is 0 Å². The lowest BCUT2D eigenvalue weighted by Crippen LogP contribution is -2.13. The van der Waals surface area contributed by atoms with Crippen LogP contribution in [0.3, 0.4) is 0 Å². The molecule has 3 nitrogen and oxygen atoms in total. The summed E-state index contributed by atoms with van der Waals surface area (Å²) in [6.45, 7) is 3.89. The summed E-state index contributed by atoms with van der Waals surface area (Å²) in [5.74, 6) is 0. The summed E-state index contributed by atoms with van der Waals surface area (Å²) in [7, 11) is 0. The quantitative estimate of drug-likeness (QED) is 0.269. The number of imidazole rings is 1. The molecular weight excluding hydrogens is 356 g/mol. The van der Waals surface area contributed by atoms with Crippen LogP contribution in [0.15, 0.2) is 61.2 Å². The summed E-state index contributed by atoms with van der Waals surface area (Å²) in [6.07, 6.45) is 17.8. The highest BCUT2D eigenvalue weighted by atomic mass is 16.5. The lowest BCUT2D eigenvalue weighted by molar-refractivity contribution is 0.0389. The normalized spacial score (nSPS) is 12.4. The predicted molar refractivity (Wildman–Crippen MR) is 122 cm³/mol. The number of hydrogen-bond donors (Lipinski definition) is 0. The molecule has 1 heterocycles. The number of aromatic nitrogens is 2. The van der Waals surface area contributed by atoms with Gasteiger partial charge in [-0.25, -0.2) is 4.98 Å². The van der Waals surface area contributed by atoms with E-state index in [9.17, 15) is 0 Å². The van der Waals surface area contributed by atoms with E-state index in [1.807, 2.05) is 18.7 Å². The summed E-state index contributed by atoms with van der Waals surface area (Å²) in [5, 5.41) is 2.56. The largest absolute Gasteiger partial charge is 0.372 e. The Kier molecular flexibility index (Phi) is 9.25. The van der Waals surface area contributed by atoms with Gasteiger partial charge in [0.05, 0.1) is 12.9 Å². The van der Waals surface area contributed by atoms with Crippen LogP contribution in [0, 0.1) is 0 Å².